The van der Waals surface area contributed by atoms with Crippen molar-refractivity contribution in [2.24, 2.45) is 0 Å². The summed E-state index contributed by atoms with van der Waals surface area (Å²) < 4.78 is 14.0. The van der Waals surface area contributed by atoms with Crippen molar-refractivity contribution in [3.8, 4) is 6.07 Å². The molecule has 3 rings (SSSR count). The predicted octanol–water partition coefficient (Wildman–Crippen LogP) is 4.75. The van der Waals surface area contributed by atoms with Crippen LogP contribution in [0, 0.1) is 17.1 Å². The van der Waals surface area contributed by atoms with Gasteiger partial charge in [0.15, 0.2) is 0 Å². The molecule has 0 fully saturated rings. The van der Waals surface area contributed by atoms with Crippen LogP contribution in [0.1, 0.15) is 16.7 Å². The molecule has 112 valence electrons. The van der Waals surface area contributed by atoms with Crippen LogP contribution < -0.4 is 0 Å². The molecule has 0 aliphatic rings. The lowest BCUT2D eigenvalue weighted by atomic mass is 10.0. The molecule has 0 unspecified atom stereocenters. The molecular weight excluding hydrogens is 295 g/mol. The molecule has 1 N–H and O–H groups in total. The first-order valence-corrected chi connectivity index (χ1v) is 8.46. The number of aromatic amines is 1. The fourth-order valence-electron chi connectivity index (χ4n) is 2.23. The molecule has 0 radical (unpaired) electrons. The van der Waals surface area contributed by atoms with Crippen molar-refractivity contribution in [3.63, 3.8) is 0 Å². The molecular formula is C18H17FN2S. The van der Waals surface area contributed by atoms with Crippen LogP contribution in [0.25, 0.3) is 10.9 Å². The largest absolute Gasteiger partial charge is 0.361 e. The van der Waals surface area contributed by atoms with Crippen LogP contribution in [0.3, 0.4) is 0 Å². The van der Waals surface area contributed by atoms with Gasteiger partial charge >= 0.3 is 0 Å². The van der Waals surface area contributed by atoms with Gasteiger partial charge in [-0.1, -0.05) is 12.1 Å². The zero-order valence-electron chi connectivity index (χ0n) is 12.6. The molecule has 0 amide bonds. The maximum absolute atomic E-state index is 14.0. The van der Waals surface area contributed by atoms with Crippen LogP contribution in [-0.4, -0.2) is 17.5 Å². The van der Waals surface area contributed by atoms with E-state index in [2.05, 4.69) is 11.1 Å². The number of H-pyrrole nitrogens is 1. The molecule has 1 heterocycles. The van der Waals surface area contributed by atoms with Crippen molar-refractivity contribution in [3.05, 3.63) is 71.2 Å². The van der Waals surface area contributed by atoms with E-state index in [1.54, 1.807) is 30.1 Å². The van der Waals surface area contributed by atoms with E-state index in [9.17, 15) is 4.39 Å². The lowest BCUT2D eigenvalue weighted by molar-refractivity contribution is 0.616. The summed E-state index contributed by atoms with van der Waals surface area (Å²) in [6, 6.07) is 14.6. The normalized spacial score (nSPS) is 9.91. The molecule has 1 aromatic heterocycles. The molecule has 4 heteroatoms. The van der Waals surface area contributed by atoms with Crippen molar-refractivity contribution in [2.75, 3.05) is 12.5 Å². The Kier molecular flexibility index (Phi) is 5.62. The van der Waals surface area contributed by atoms with E-state index in [1.807, 2.05) is 36.8 Å². The summed E-state index contributed by atoms with van der Waals surface area (Å²) in [7, 11) is 0. The summed E-state index contributed by atoms with van der Waals surface area (Å²) in [5.41, 5.74) is 2.97. The SMILES string of the molecule is CSC.N#Cc1cccc(Cc2cc3cc[nH]c3cc2F)c1. The quantitative estimate of drug-likeness (QED) is 0.742. The van der Waals surface area contributed by atoms with E-state index in [4.69, 9.17) is 5.26 Å². The third kappa shape index (κ3) is 3.90. The van der Waals surface area contributed by atoms with Gasteiger partial charge in [0.05, 0.1) is 11.6 Å². The van der Waals surface area contributed by atoms with Crippen molar-refractivity contribution in [1.29, 1.82) is 5.26 Å². The van der Waals surface area contributed by atoms with E-state index in [-0.39, 0.29) is 5.82 Å². The second kappa shape index (κ2) is 7.67. The van der Waals surface area contributed by atoms with Crippen molar-refractivity contribution in [2.45, 2.75) is 6.42 Å². The Balaban J connectivity index is 0.000000545. The Bertz CT molecular complexity index is 802. The third-order valence-electron chi connectivity index (χ3n) is 3.17. The van der Waals surface area contributed by atoms with Crippen LogP contribution in [0.15, 0.2) is 48.7 Å². The van der Waals surface area contributed by atoms with Gasteiger partial charge in [0.2, 0.25) is 0 Å². The van der Waals surface area contributed by atoms with E-state index in [0.29, 0.717) is 17.5 Å². The lowest BCUT2D eigenvalue weighted by Crippen LogP contribution is -1.93. The summed E-state index contributed by atoms with van der Waals surface area (Å²) in [4.78, 5) is 2.99. The third-order valence-corrected chi connectivity index (χ3v) is 3.17. The van der Waals surface area contributed by atoms with E-state index >= 15 is 0 Å². The highest BCUT2D eigenvalue weighted by Gasteiger charge is 2.07. The van der Waals surface area contributed by atoms with Gasteiger partial charge in [-0.25, -0.2) is 4.39 Å². The van der Waals surface area contributed by atoms with E-state index < -0.39 is 0 Å². The minimum atomic E-state index is -0.225. The molecule has 0 saturated carbocycles. The molecule has 3 aromatic rings. The van der Waals surface area contributed by atoms with Gasteiger partial charge in [-0.3, -0.25) is 0 Å². The topological polar surface area (TPSA) is 39.6 Å². The number of hydrogen-bond acceptors (Lipinski definition) is 2. The van der Waals surface area contributed by atoms with Crippen molar-refractivity contribution >= 4 is 22.7 Å². The Hall–Kier alpha value is -2.25. The Labute approximate surface area is 134 Å². The summed E-state index contributed by atoms with van der Waals surface area (Å²) in [6.07, 6.45) is 6.37. The maximum Gasteiger partial charge on any atom is 0.128 e. The van der Waals surface area contributed by atoms with Crippen LogP contribution in [0.2, 0.25) is 0 Å². The minimum Gasteiger partial charge on any atom is -0.361 e. The highest BCUT2D eigenvalue weighted by molar-refractivity contribution is 7.97. The Morgan fingerprint density at radius 1 is 1.18 bits per heavy atom. The fraction of sp³-hybridized carbons (Fsp3) is 0.167. The smallest absolute Gasteiger partial charge is 0.128 e. The highest BCUT2D eigenvalue weighted by atomic mass is 32.2. The summed E-state index contributed by atoms with van der Waals surface area (Å²) in [5, 5.41) is 9.86. The molecule has 0 aliphatic heterocycles. The van der Waals surface area contributed by atoms with Gasteiger partial charge in [-0.15, -0.1) is 0 Å². The second-order valence-electron chi connectivity index (χ2n) is 4.91. The zero-order valence-corrected chi connectivity index (χ0v) is 13.4. The van der Waals surface area contributed by atoms with Gasteiger partial charge in [0.1, 0.15) is 5.82 Å². The molecule has 0 atom stereocenters. The van der Waals surface area contributed by atoms with Crippen LogP contribution in [0.4, 0.5) is 4.39 Å². The number of nitrogens with one attached hydrogen (secondary N) is 1. The average molecular weight is 312 g/mol. The van der Waals surface area contributed by atoms with Crippen LogP contribution in [-0.2, 0) is 6.42 Å². The van der Waals surface area contributed by atoms with Crippen molar-refractivity contribution in [1.82, 2.24) is 4.98 Å². The molecule has 0 aliphatic carbocycles. The molecule has 22 heavy (non-hydrogen) atoms. The van der Waals surface area contributed by atoms with Gasteiger partial charge in [-0.2, -0.15) is 17.0 Å². The monoisotopic (exact) mass is 312 g/mol. The van der Waals surface area contributed by atoms with Gasteiger partial charge in [0, 0.05) is 18.1 Å². The number of rotatable bonds is 2. The summed E-state index contributed by atoms with van der Waals surface area (Å²) in [5.74, 6) is -0.225. The van der Waals surface area contributed by atoms with Crippen molar-refractivity contribution < 1.29 is 4.39 Å². The molecule has 0 saturated heterocycles. The minimum absolute atomic E-state index is 0.225. The number of fused-ring (bicyclic) bond motifs is 1. The number of hydrogen-bond donors (Lipinski definition) is 1. The summed E-state index contributed by atoms with van der Waals surface area (Å²) in [6.45, 7) is 0. The molecule has 0 spiro atoms. The van der Waals surface area contributed by atoms with Gasteiger partial charge in [0.25, 0.3) is 0 Å². The molecule has 0 bridgehead atoms. The number of halogens is 1. The Morgan fingerprint density at radius 2 is 1.95 bits per heavy atom. The first-order chi connectivity index (χ1) is 10.7. The standard InChI is InChI=1S/C16H11FN2.C2H6S/c17-15-9-16-13(4-5-19-16)8-14(15)7-11-2-1-3-12(6-11)10-18;1-3-2/h1-6,8-9,19H,7H2;1-2H3. The number of thioether (sulfide) groups is 1. The number of benzene rings is 2. The van der Waals surface area contributed by atoms with Gasteiger partial charge < -0.3 is 4.98 Å². The predicted molar refractivity (Wildman–Crippen MR) is 91.7 cm³/mol. The number of nitriles is 1. The zero-order chi connectivity index (χ0) is 15.9. The maximum atomic E-state index is 14.0. The number of nitrogens with zero attached hydrogens (tertiary/aromatic N) is 1. The molecule has 2 nitrogen and oxygen atoms in total. The number of aromatic nitrogens is 1. The van der Waals surface area contributed by atoms with E-state index in [0.717, 1.165) is 16.5 Å². The van der Waals surface area contributed by atoms with E-state index in [1.165, 1.54) is 6.07 Å². The van der Waals surface area contributed by atoms with Gasteiger partial charge in [-0.05, 0) is 59.4 Å². The van der Waals surface area contributed by atoms with Crippen LogP contribution in [0.5, 0.6) is 0 Å². The Morgan fingerprint density at radius 3 is 2.68 bits per heavy atom. The summed E-state index contributed by atoms with van der Waals surface area (Å²) >= 11 is 1.75. The van der Waals surface area contributed by atoms with Crippen LogP contribution >= 0.6 is 11.8 Å². The average Bonchev–Trinajstić information content (AvgIpc) is 2.96. The first kappa shape index (κ1) is 16.1. The fourth-order valence-corrected chi connectivity index (χ4v) is 2.23. The first-order valence-electron chi connectivity index (χ1n) is 6.82. The lowest BCUT2D eigenvalue weighted by Gasteiger charge is -2.05. The molecule has 2 aromatic carbocycles. The highest BCUT2D eigenvalue weighted by Crippen LogP contribution is 2.21. The second-order valence-corrected chi connectivity index (χ2v) is 5.72.